The summed E-state index contributed by atoms with van der Waals surface area (Å²) in [4.78, 5) is 5.14. The van der Waals surface area contributed by atoms with Crippen LogP contribution in [-0.2, 0) is 0 Å². The summed E-state index contributed by atoms with van der Waals surface area (Å²) in [5.74, 6) is 0. The molecule has 0 saturated carbocycles. The van der Waals surface area contributed by atoms with Gasteiger partial charge in [-0.05, 0) is 45.8 Å². The first-order valence-electron chi connectivity index (χ1n) is 10.9. The van der Waals surface area contributed by atoms with Gasteiger partial charge in [-0.1, -0.05) is 109 Å². The van der Waals surface area contributed by atoms with Crippen LogP contribution in [0.25, 0.3) is 55.2 Å². The van der Waals surface area contributed by atoms with E-state index in [4.69, 9.17) is 4.98 Å². The fraction of sp³-hybridized carbons (Fsp3) is 0. The lowest BCUT2D eigenvalue weighted by molar-refractivity contribution is 1.41. The Morgan fingerprint density at radius 1 is 0.406 bits per heavy atom. The van der Waals surface area contributed by atoms with E-state index in [9.17, 15) is 0 Å². The molecule has 5 aromatic carbocycles. The molecule has 0 atom stereocenters. The zero-order valence-corrected chi connectivity index (χ0v) is 17.6. The van der Waals surface area contributed by atoms with Gasteiger partial charge in [0.25, 0.3) is 0 Å². The summed E-state index contributed by atoms with van der Waals surface area (Å²) in [6.45, 7) is 0. The first-order valence-corrected chi connectivity index (χ1v) is 10.9. The fourth-order valence-corrected chi connectivity index (χ4v) is 4.45. The summed E-state index contributed by atoms with van der Waals surface area (Å²) in [5, 5.41) is 3.56. The molecule has 6 rings (SSSR count). The first-order chi connectivity index (χ1) is 15.9. The molecule has 32 heavy (non-hydrogen) atoms. The Balaban J connectivity index is 1.69. The number of pyridine rings is 1. The van der Waals surface area contributed by atoms with Gasteiger partial charge in [0.1, 0.15) is 0 Å². The lowest BCUT2D eigenvalue weighted by Crippen LogP contribution is -1.90. The maximum Gasteiger partial charge on any atom is 0.0788 e. The van der Waals surface area contributed by atoms with Gasteiger partial charge in [0.2, 0.25) is 0 Å². The molecule has 0 amide bonds. The van der Waals surface area contributed by atoms with E-state index in [0.717, 1.165) is 22.2 Å². The molecule has 1 heteroatoms. The molecule has 1 aromatic heterocycles. The third kappa shape index (κ3) is 3.25. The van der Waals surface area contributed by atoms with Gasteiger partial charge >= 0.3 is 0 Å². The molecule has 0 unspecified atom stereocenters. The number of hydrogen-bond donors (Lipinski definition) is 0. The molecule has 0 radical (unpaired) electrons. The van der Waals surface area contributed by atoms with Crippen molar-refractivity contribution < 1.29 is 0 Å². The van der Waals surface area contributed by atoms with Gasteiger partial charge in [0.15, 0.2) is 0 Å². The quantitative estimate of drug-likeness (QED) is 0.268. The number of fused-ring (bicyclic) bond motifs is 3. The Hall–Kier alpha value is -4.23. The van der Waals surface area contributed by atoms with Crippen LogP contribution in [0.5, 0.6) is 0 Å². The number of aromatic nitrogens is 1. The first kappa shape index (κ1) is 18.5. The molecule has 150 valence electrons. The van der Waals surface area contributed by atoms with Crippen molar-refractivity contribution in [3.05, 3.63) is 127 Å². The largest absolute Gasteiger partial charge is 0.247 e. The SMILES string of the molecule is c1ccc(-c2cc(-c3ccccc3)c3ccc4ccc(-c5ccccc5)nc4c3c2)cc1. The van der Waals surface area contributed by atoms with Crippen molar-refractivity contribution in [1.82, 2.24) is 4.98 Å². The number of rotatable bonds is 3. The zero-order valence-electron chi connectivity index (χ0n) is 17.6. The van der Waals surface area contributed by atoms with E-state index in [0.29, 0.717) is 0 Å². The molecular formula is C31H21N. The van der Waals surface area contributed by atoms with Crippen LogP contribution >= 0.6 is 0 Å². The van der Waals surface area contributed by atoms with Crippen LogP contribution in [0.4, 0.5) is 0 Å². The molecule has 0 N–H and O–H groups in total. The second-order valence-electron chi connectivity index (χ2n) is 8.05. The zero-order chi connectivity index (χ0) is 21.3. The van der Waals surface area contributed by atoms with Crippen molar-refractivity contribution >= 4 is 21.7 Å². The normalized spacial score (nSPS) is 11.1. The predicted octanol–water partition coefficient (Wildman–Crippen LogP) is 8.39. The van der Waals surface area contributed by atoms with E-state index in [1.54, 1.807) is 0 Å². The highest BCUT2D eigenvalue weighted by molar-refractivity contribution is 6.12. The van der Waals surface area contributed by atoms with Crippen LogP contribution in [0.1, 0.15) is 0 Å². The molecule has 0 aliphatic rings. The topological polar surface area (TPSA) is 12.9 Å². The lowest BCUT2D eigenvalue weighted by Gasteiger charge is -2.14. The molecule has 1 heterocycles. The van der Waals surface area contributed by atoms with Crippen molar-refractivity contribution in [2.24, 2.45) is 0 Å². The van der Waals surface area contributed by atoms with Crippen LogP contribution in [-0.4, -0.2) is 4.98 Å². The van der Waals surface area contributed by atoms with E-state index in [2.05, 4.69) is 121 Å². The highest BCUT2D eigenvalue weighted by atomic mass is 14.7. The van der Waals surface area contributed by atoms with Gasteiger partial charge in [-0.25, -0.2) is 4.98 Å². The molecular weight excluding hydrogens is 386 g/mol. The van der Waals surface area contributed by atoms with Crippen molar-refractivity contribution in [2.75, 3.05) is 0 Å². The minimum atomic E-state index is 0.997. The lowest BCUT2D eigenvalue weighted by atomic mass is 9.91. The van der Waals surface area contributed by atoms with Crippen molar-refractivity contribution in [3.8, 4) is 33.5 Å². The Kier molecular flexibility index (Phi) is 4.51. The van der Waals surface area contributed by atoms with E-state index in [1.807, 2.05) is 6.07 Å². The van der Waals surface area contributed by atoms with Gasteiger partial charge < -0.3 is 0 Å². The van der Waals surface area contributed by atoms with Crippen molar-refractivity contribution in [3.63, 3.8) is 0 Å². The van der Waals surface area contributed by atoms with Crippen LogP contribution in [0.2, 0.25) is 0 Å². The number of benzene rings is 5. The second kappa shape index (κ2) is 7.79. The number of hydrogen-bond acceptors (Lipinski definition) is 1. The summed E-state index contributed by atoms with van der Waals surface area (Å²) in [6, 6.07) is 44.9. The summed E-state index contributed by atoms with van der Waals surface area (Å²) in [6.07, 6.45) is 0. The summed E-state index contributed by atoms with van der Waals surface area (Å²) in [7, 11) is 0. The minimum absolute atomic E-state index is 0.997. The van der Waals surface area contributed by atoms with Crippen LogP contribution < -0.4 is 0 Å². The maximum absolute atomic E-state index is 5.14. The van der Waals surface area contributed by atoms with Crippen molar-refractivity contribution in [2.45, 2.75) is 0 Å². The van der Waals surface area contributed by atoms with Crippen LogP contribution in [0, 0.1) is 0 Å². The molecule has 1 nitrogen and oxygen atoms in total. The molecule has 6 aromatic rings. The maximum atomic E-state index is 5.14. The van der Waals surface area contributed by atoms with E-state index >= 15 is 0 Å². The minimum Gasteiger partial charge on any atom is -0.247 e. The van der Waals surface area contributed by atoms with E-state index in [-0.39, 0.29) is 0 Å². The van der Waals surface area contributed by atoms with Crippen LogP contribution in [0.15, 0.2) is 127 Å². The van der Waals surface area contributed by atoms with Crippen molar-refractivity contribution in [1.29, 1.82) is 0 Å². The molecule has 0 aliphatic heterocycles. The molecule has 0 saturated heterocycles. The standard InChI is InChI=1S/C31H21N/c1-4-10-22(11-5-1)26-20-28(23-12-6-2-7-13-23)27-18-16-25-17-19-30(24-14-8-3-9-15-24)32-31(25)29(27)21-26/h1-21H. The summed E-state index contributed by atoms with van der Waals surface area (Å²) in [5.41, 5.74) is 8.04. The van der Waals surface area contributed by atoms with E-state index in [1.165, 1.54) is 33.0 Å². The highest BCUT2D eigenvalue weighted by Gasteiger charge is 2.12. The molecule has 0 bridgehead atoms. The van der Waals surface area contributed by atoms with Gasteiger partial charge in [0, 0.05) is 16.3 Å². The Bertz CT molecular complexity index is 1540. The second-order valence-corrected chi connectivity index (χ2v) is 8.05. The molecule has 0 aliphatic carbocycles. The summed E-state index contributed by atoms with van der Waals surface area (Å²) >= 11 is 0. The third-order valence-electron chi connectivity index (χ3n) is 6.05. The Morgan fingerprint density at radius 2 is 1.00 bits per heavy atom. The molecule has 0 fully saturated rings. The smallest absolute Gasteiger partial charge is 0.0788 e. The summed E-state index contributed by atoms with van der Waals surface area (Å²) < 4.78 is 0. The predicted molar refractivity (Wildman–Crippen MR) is 136 cm³/mol. The van der Waals surface area contributed by atoms with E-state index < -0.39 is 0 Å². The highest BCUT2D eigenvalue weighted by Crippen LogP contribution is 2.37. The third-order valence-corrected chi connectivity index (χ3v) is 6.05. The average molecular weight is 408 g/mol. The number of nitrogens with zero attached hydrogens (tertiary/aromatic N) is 1. The Labute approximate surface area is 187 Å². The van der Waals surface area contributed by atoms with Gasteiger partial charge in [0.05, 0.1) is 11.2 Å². The Morgan fingerprint density at radius 3 is 1.69 bits per heavy atom. The molecule has 0 spiro atoms. The fourth-order valence-electron chi connectivity index (χ4n) is 4.45. The van der Waals surface area contributed by atoms with Gasteiger partial charge in [-0.2, -0.15) is 0 Å². The van der Waals surface area contributed by atoms with Gasteiger partial charge in [-0.15, -0.1) is 0 Å². The monoisotopic (exact) mass is 407 g/mol. The average Bonchev–Trinajstić information content (AvgIpc) is 2.89. The van der Waals surface area contributed by atoms with Crippen LogP contribution in [0.3, 0.4) is 0 Å². The van der Waals surface area contributed by atoms with Gasteiger partial charge in [-0.3, -0.25) is 0 Å².